The van der Waals surface area contributed by atoms with Gasteiger partial charge in [0, 0.05) is 51.3 Å². The number of rotatable bonds is 26. The van der Waals surface area contributed by atoms with Crippen LogP contribution in [0.1, 0.15) is 6.42 Å². The number of nitrogens with zero attached hydrogens (tertiary/aromatic N) is 9. The second-order valence-corrected chi connectivity index (χ2v) is 20.3. The van der Waals surface area contributed by atoms with Gasteiger partial charge >= 0.3 is 5.97 Å². The maximum absolute atomic E-state index is 13.3. The molecule has 1 unspecified atom stereocenters. The van der Waals surface area contributed by atoms with Crippen molar-refractivity contribution in [2.24, 2.45) is 35.8 Å². The number of fused-ring (bicyclic) bond motifs is 4. The van der Waals surface area contributed by atoms with Crippen LogP contribution in [-0.2, 0) is 47.8 Å². The molecule has 0 saturated carbocycles. The Morgan fingerprint density at radius 1 is 0.711 bits per heavy atom. The number of imidazole rings is 1. The third-order valence-electron chi connectivity index (χ3n) is 11.5. The number of benzene rings is 7. The van der Waals surface area contributed by atoms with Gasteiger partial charge in [-0.2, -0.15) is 28.8 Å². The Labute approximate surface area is 476 Å². The van der Waals surface area contributed by atoms with E-state index in [-0.39, 0.29) is 93.3 Å². The Hall–Kier alpha value is -8.34. The van der Waals surface area contributed by atoms with Gasteiger partial charge in [-0.3, -0.25) is 9.35 Å². The Balaban J connectivity index is 1.02. The first-order chi connectivity index (χ1) is 40.1. The van der Waals surface area contributed by atoms with Gasteiger partial charge in [0.25, 0.3) is 16.0 Å². The largest absolute Gasteiger partial charge is 0.507 e. The summed E-state index contributed by atoms with van der Waals surface area (Å²) in [5, 5.41) is 121. The molecule has 0 bridgehead atoms. The second-order valence-electron chi connectivity index (χ2n) is 16.6. The minimum Gasteiger partial charge on any atom is -0.507 e. The number of carbonyl (C=O) groups is 2. The summed E-state index contributed by atoms with van der Waals surface area (Å²) in [6.45, 7) is -0.966. The lowest BCUT2D eigenvalue weighted by atomic mass is 10.1. The minimum atomic E-state index is -4.54. The molecular weight excluding hydrogens is 1180 g/mol. The van der Waals surface area contributed by atoms with E-state index in [9.17, 15) is 53.3 Å². The molecule has 0 saturated heterocycles. The summed E-state index contributed by atoms with van der Waals surface area (Å²) in [5.74, 6) is -2.82. The third-order valence-corrected chi connectivity index (χ3v) is 14.1. The predicted molar refractivity (Wildman–Crippen MR) is 290 cm³/mol. The van der Waals surface area contributed by atoms with Gasteiger partial charge in [0.05, 0.1) is 92.6 Å². The fraction of sp³-hybridized carbons (Fsp3) is 0.125. The normalized spacial score (nSPS) is 14.0. The van der Waals surface area contributed by atoms with Crippen LogP contribution in [0.5, 0.6) is 23.0 Å². The van der Waals surface area contributed by atoms with Gasteiger partial charge in [-0.15, -0.1) is 33.5 Å². The first-order valence-corrected chi connectivity index (χ1v) is 27.0. The molecule has 7 aromatic carbocycles. The molecule has 1 aliphatic rings. The van der Waals surface area contributed by atoms with Gasteiger partial charge in [0.15, 0.2) is 11.5 Å². The Morgan fingerprint density at radius 3 is 1.99 bits per heavy atom. The van der Waals surface area contributed by atoms with Gasteiger partial charge in [-0.05, 0) is 96.4 Å². The molecule has 0 spiro atoms. The van der Waals surface area contributed by atoms with Crippen molar-refractivity contribution in [3.8, 4) is 34.4 Å². The molecule has 31 nitrogen and oxygen atoms in total. The summed E-state index contributed by atoms with van der Waals surface area (Å²) in [6, 6.07) is 22.2. The molecular formula is C48H38N10O21S4. The molecule has 8 aromatic rings. The molecule has 1 aliphatic heterocycles. The fourth-order valence-corrected chi connectivity index (χ4v) is 9.81. The van der Waals surface area contributed by atoms with Gasteiger partial charge in [-0.25, -0.2) is 25.6 Å². The summed E-state index contributed by atoms with van der Waals surface area (Å²) in [5.41, 5.74) is 0.807. The summed E-state index contributed by atoms with van der Waals surface area (Å²) in [7, 11) is -4.54. The Kier molecular flexibility index (Phi) is 19.1. The predicted octanol–water partition coefficient (Wildman–Crippen LogP) is 10.4. The van der Waals surface area contributed by atoms with Gasteiger partial charge in [0.1, 0.15) is 46.7 Å². The zero-order valence-electron chi connectivity index (χ0n) is 41.5. The van der Waals surface area contributed by atoms with Crippen LogP contribution in [0.15, 0.2) is 158 Å². The molecule has 1 aromatic heterocycles. The highest BCUT2D eigenvalue weighted by Crippen LogP contribution is 2.48. The van der Waals surface area contributed by atoms with Crippen molar-refractivity contribution in [3.05, 3.63) is 103 Å². The number of aliphatic hydroxyl groups is 2. The molecule has 83 heavy (non-hydrogen) atoms. The SMILES string of the molecule is O=C(O)C1=NN(c2ccc(S(=O)(=O)O)cc2)C(=O)C1/N=N/c1ccc(-c2nc3ccc4c(O)c(/N=N/c5cc(OCCO)c(/N=N/c6cc(SOOO)cc7cc(SOOO)cc(O)c67)cc5OCCCO)c(SOOO)cc4c3[nH]2)cc1. The van der Waals surface area contributed by atoms with Crippen molar-refractivity contribution in [1.29, 1.82) is 0 Å². The highest BCUT2D eigenvalue weighted by Gasteiger charge is 2.41. The highest BCUT2D eigenvalue weighted by molar-refractivity contribution is 7.95. The van der Waals surface area contributed by atoms with Crippen molar-refractivity contribution in [3.63, 3.8) is 0 Å². The number of H-pyrrole nitrogens is 1. The van der Waals surface area contributed by atoms with Crippen LogP contribution in [-0.4, -0.2) is 114 Å². The van der Waals surface area contributed by atoms with Crippen molar-refractivity contribution >= 4 is 131 Å². The quantitative estimate of drug-likeness (QED) is 0.00601. The fourth-order valence-electron chi connectivity index (χ4n) is 7.95. The van der Waals surface area contributed by atoms with Crippen LogP contribution in [0.3, 0.4) is 0 Å². The highest BCUT2D eigenvalue weighted by atomic mass is 32.2. The Morgan fingerprint density at radius 2 is 1.35 bits per heavy atom. The van der Waals surface area contributed by atoms with E-state index in [4.69, 9.17) is 29.3 Å². The number of phenolic OH excluding ortho intramolecular Hbond substituents is 2. The lowest BCUT2D eigenvalue weighted by Gasteiger charge is -2.14. The second kappa shape index (κ2) is 26.7. The zero-order valence-corrected chi connectivity index (χ0v) is 44.8. The standard InChI is InChI=1S/C48H38N10O21S4/c59-12-1-14-72-37-21-33(52-54-35-18-27(80-77-74-66)16-24-17-28(81-78-75-67)19-36(61)40(24)35)38(73-15-13-60)22-34(37)53-55-42-39(82-79-76-68)20-31-30(45(42)62)10-11-32-41(31)50-46(49-32)23-2-4-25(5-3-23)51-56-43-44(48(64)65)57-58(47(43)63)26-6-8-29(9-7-26)83(69,70)71/h2-11,16-22,43,59-62,66-68H,1,12-15H2,(H,49,50)(H,64,65)(H,69,70,71)/b54-52+,55-53+,56-51+. The summed E-state index contributed by atoms with van der Waals surface area (Å²) >= 11 is 1.61. The zero-order chi connectivity index (χ0) is 58.8. The number of ether oxygens (including phenoxy) is 2. The number of phenols is 2. The van der Waals surface area contributed by atoms with Gasteiger partial charge in [-0.1, -0.05) is 15.1 Å². The molecule has 0 fully saturated rings. The maximum Gasteiger partial charge on any atom is 0.355 e. The molecule has 9 rings (SSSR count). The number of aromatic amines is 1. The maximum atomic E-state index is 13.3. The van der Waals surface area contributed by atoms with Crippen LogP contribution in [0.2, 0.25) is 0 Å². The average molecular weight is 1220 g/mol. The number of aromatic hydroxyl groups is 2. The molecule has 35 heteroatoms. The number of nitrogens with one attached hydrogen (secondary N) is 1. The van der Waals surface area contributed by atoms with E-state index < -0.39 is 51.0 Å². The van der Waals surface area contributed by atoms with E-state index >= 15 is 0 Å². The van der Waals surface area contributed by atoms with E-state index in [2.05, 4.69) is 64.6 Å². The van der Waals surface area contributed by atoms with Crippen LogP contribution < -0.4 is 14.5 Å². The number of hydrogen-bond donors (Lipinski definition) is 10. The van der Waals surface area contributed by atoms with Crippen molar-refractivity contribution < 1.29 is 101 Å². The first kappa shape index (κ1) is 59.3. The average Bonchev–Trinajstić information content (AvgIpc) is 3.53. The van der Waals surface area contributed by atoms with Crippen LogP contribution in [0, 0.1) is 0 Å². The van der Waals surface area contributed by atoms with Gasteiger partial charge < -0.3 is 40.0 Å². The van der Waals surface area contributed by atoms with Crippen molar-refractivity contribution in [2.45, 2.75) is 32.0 Å². The molecule has 1 amide bonds. The number of aromatic nitrogens is 2. The Bertz CT molecular complexity index is 3980. The van der Waals surface area contributed by atoms with Gasteiger partial charge in [0.2, 0.25) is 6.04 Å². The van der Waals surface area contributed by atoms with Crippen LogP contribution >= 0.6 is 36.1 Å². The number of aliphatic hydroxyl groups excluding tert-OH is 2. The summed E-state index contributed by atoms with van der Waals surface area (Å²) in [6.07, 6.45) is 0.176. The number of hydrazone groups is 1. The number of carboxylic acids is 1. The van der Waals surface area contributed by atoms with Crippen molar-refractivity contribution in [1.82, 2.24) is 9.97 Å². The molecule has 0 aliphatic carbocycles. The van der Waals surface area contributed by atoms with Crippen LogP contribution in [0.4, 0.5) is 34.1 Å². The number of azo groups is 3. The molecule has 0 radical (unpaired) electrons. The van der Waals surface area contributed by atoms with E-state index in [0.717, 1.165) is 29.3 Å². The van der Waals surface area contributed by atoms with E-state index in [1.807, 2.05) is 0 Å². The number of aliphatic carboxylic acids is 1. The molecule has 430 valence electrons. The lowest BCUT2D eigenvalue weighted by molar-refractivity contribution is -0.432. The lowest BCUT2D eigenvalue weighted by Crippen LogP contribution is -2.33. The topological polar surface area (TPSA) is 443 Å². The minimum absolute atomic E-state index is 0.00541. The summed E-state index contributed by atoms with van der Waals surface area (Å²) in [4.78, 5) is 33.5. The van der Waals surface area contributed by atoms with E-state index in [1.165, 1.54) is 36.4 Å². The number of hydrogen-bond acceptors (Lipinski definition) is 30. The number of carboxylic acid groups (broad SMARTS) is 1. The number of amides is 1. The van der Waals surface area contributed by atoms with Crippen LogP contribution in [0.25, 0.3) is 44.0 Å². The van der Waals surface area contributed by atoms with E-state index in [1.54, 1.807) is 42.5 Å². The summed E-state index contributed by atoms with van der Waals surface area (Å²) < 4.78 is 58.0. The monoisotopic (exact) mass is 1220 g/mol. The molecule has 10 N–H and O–H groups in total. The smallest absolute Gasteiger partial charge is 0.355 e. The number of anilines is 1. The molecule has 2 heterocycles. The molecule has 1 atom stereocenters. The van der Waals surface area contributed by atoms with Crippen molar-refractivity contribution in [2.75, 3.05) is 31.4 Å². The third kappa shape index (κ3) is 13.6. The number of carbonyl (C=O) groups excluding carboxylic acids is 1. The van der Waals surface area contributed by atoms with E-state index in [0.29, 0.717) is 79.1 Å². The first-order valence-electron chi connectivity index (χ1n) is 23.3.